The molecule has 14 heteroatoms. The van der Waals surface area contributed by atoms with Gasteiger partial charge in [-0.25, -0.2) is 13.2 Å². The molecule has 3 fully saturated rings. The van der Waals surface area contributed by atoms with E-state index in [9.17, 15) is 27.6 Å². The van der Waals surface area contributed by atoms with Crippen molar-refractivity contribution in [2.45, 2.75) is 107 Å². The number of benzene rings is 2. The smallest absolute Gasteiger partial charge is 0.407 e. The van der Waals surface area contributed by atoms with Gasteiger partial charge in [-0.2, -0.15) is 0 Å². The van der Waals surface area contributed by atoms with E-state index >= 15 is 0 Å². The van der Waals surface area contributed by atoms with Crippen molar-refractivity contribution in [3.05, 3.63) is 59.7 Å². The zero-order valence-electron chi connectivity index (χ0n) is 32.0. The summed E-state index contributed by atoms with van der Waals surface area (Å²) in [7, 11) is -0.731. The van der Waals surface area contributed by atoms with Crippen molar-refractivity contribution in [2.24, 2.45) is 11.3 Å². The third-order valence-electron chi connectivity index (χ3n) is 11.9. The molecule has 2 aromatic rings. The molecule has 13 nitrogen and oxygen atoms in total. The van der Waals surface area contributed by atoms with Gasteiger partial charge in [0.15, 0.2) is 0 Å². The van der Waals surface area contributed by atoms with E-state index in [1.54, 1.807) is 14.2 Å². The number of carbonyl (C=O) groups excluding carboxylic acids is 4. The summed E-state index contributed by atoms with van der Waals surface area (Å²) in [5.41, 5.74) is -1.48. The minimum absolute atomic E-state index is 0.0202. The van der Waals surface area contributed by atoms with Crippen LogP contribution in [0.1, 0.15) is 89.2 Å². The molecule has 0 spiro atoms. The van der Waals surface area contributed by atoms with Gasteiger partial charge in [0, 0.05) is 30.4 Å². The number of ether oxygens (including phenoxy) is 3. The van der Waals surface area contributed by atoms with Crippen LogP contribution < -0.4 is 20.1 Å². The number of nitrogens with zero attached hydrogens (tertiary/aromatic N) is 1. The molecule has 6 bridgehead atoms. The molecule has 296 valence electrons. The van der Waals surface area contributed by atoms with E-state index in [0.29, 0.717) is 44.3 Å². The second-order valence-corrected chi connectivity index (χ2v) is 18.6. The summed E-state index contributed by atoms with van der Waals surface area (Å²) in [5, 5.41) is 6.96. The molecule has 7 rings (SSSR count). The molecule has 4 amide bonds. The summed E-state index contributed by atoms with van der Waals surface area (Å²) in [4.78, 5) is 58.1. The molecule has 5 atom stereocenters. The molecular weight excluding hydrogens is 725 g/mol. The average molecular weight is 777 g/mol. The number of sulfonamides is 1. The largest absolute Gasteiger partial charge is 0.496 e. The van der Waals surface area contributed by atoms with Crippen molar-refractivity contribution >= 4 is 50.7 Å². The van der Waals surface area contributed by atoms with Gasteiger partial charge in [0.2, 0.25) is 21.8 Å². The number of hydrogen-bond acceptors (Lipinski definition) is 9. The molecule has 2 aromatic carbocycles. The van der Waals surface area contributed by atoms with Crippen LogP contribution in [-0.4, -0.2) is 87.4 Å². The van der Waals surface area contributed by atoms with E-state index in [-0.39, 0.29) is 26.0 Å². The van der Waals surface area contributed by atoms with E-state index in [2.05, 4.69) is 15.4 Å². The van der Waals surface area contributed by atoms with Crippen molar-refractivity contribution < 1.29 is 41.8 Å². The van der Waals surface area contributed by atoms with Gasteiger partial charge in [-0.1, -0.05) is 63.1 Å². The minimum Gasteiger partial charge on any atom is -0.496 e. The monoisotopic (exact) mass is 776 g/mol. The van der Waals surface area contributed by atoms with Crippen LogP contribution in [0.25, 0.3) is 16.8 Å². The number of methoxy groups -OCH3 is 2. The van der Waals surface area contributed by atoms with Crippen molar-refractivity contribution in [1.82, 2.24) is 20.3 Å². The lowest BCUT2D eigenvalue weighted by atomic mass is 9.88. The molecule has 2 saturated carbocycles. The fourth-order valence-corrected chi connectivity index (χ4v) is 9.54. The van der Waals surface area contributed by atoms with Gasteiger partial charge in [-0.15, -0.1) is 0 Å². The lowest BCUT2D eigenvalue weighted by Crippen LogP contribution is -2.58. The van der Waals surface area contributed by atoms with Gasteiger partial charge >= 0.3 is 6.09 Å². The van der Waals surface area contributed by atoms with Crippen molar-refractivity contribution in [2.75, 3.05) is 27.4 Å². The Morgan fingerprint density at radius 3 is 2.53 bits per heavy atom. The third-order valence-corrected chi connectivity index (χ3v) is 13.7. The van der Waals surface area contributed by atoms with Crippen LogP contribution in [0.5, 0.6) is 5.75 Å². The highest BCUT2D eigenvalue weighted by atomic mass is 32.2. The molecule has 55 heavy (non-hydrogen) atoms. The molecule has 3 aliphatic heterocycles. The molecule has 0 aromatic heterocycles. The quantitative estimate of drug-likeness (QED) is 0.360. The van der Waals surface area contributed by atoms with Crippen molar-refractivity contribution in [1.29, 1.82) is 0 Å². The van der Waals surface area contributed by atoms with Gasteiger partial charge in [0.05, 0.1) is 25.5 Å². The van der Waals surface area contributed by atoms with Crippen LogP contribution >= 0.6 is 0 Å². The topological polar surface area (TPSA) is 169 Å². The molecule has 0 radical (unpaired) electrons. The van der Waals surface area contributed by atoms with E-state index < -0.39 is 73.6 Å². The Morgan fingerprint density at radius 1 is 0.982 bits per heavy atom. The number of amides is 4. The van der Waals surface area contributed by atoms with Crippen molar-refractivity contribution in [3.8, 4) is 5.75 Å². The predicted octanol–water partition coefficient (Wildman–Crippen LogP) is 4.83. The van der Waals surface area contributed by atoms with Gasteiger partial charge in [0.1, 0.15) is 29.0 Å². The molecule has 0 unspecified atom stereocenters. The number of alkyl carbamates (subject to hydrolysis) is 1. The van der Waals surface area contributed by atoms with Gasteiger partial charge in [0.25, 0.3) is 5.91 Å². The first-order valence-electron chi connectivity index (χ1n) is 19.3. The number of nitrogens with one attached hydrogen (secondary N) is 3. The highest BCUT2D eigenvalue weighted by molar-refractivity contribution is 7.91. The first-order valence-corrected chi connectivity index (χ1v) is 20.9. The first-order chi connectivity index (χ1) is 26.2. The standard InChI is InChI=1S/C41H52N4O9S/c1-39(2)18-10-11-27-19-28-20-29(15-14-26(28)21-34(27)52-3)40(53-4)23-33-35(46)43-41(37(48)44-55(50,51)31-16-17-31)22-30(41)12-8-6-5-7-9-13-32(36(47)45(33)24-40)42-38(49)54-25-39/h8,10-12,14-15,19-21,30-33H,5-7,9,13,16-18,22-25H2,1-4H3,(H,42,49)(H,43,46)(H,44,48)/b11-10?,12-8-/t30-,32+,33+,40+,41-/m1/s1. The molecule has 2 aliphatic carbocycles. The maximum Gasteiger partial charge on any atom is 0.407 e. The normalized spacial score (nSPS) is 30.6. The Balaban J connectivity index is 1.31. The Bertz CT molecular complexity index is 2040. The van der Waals surface area contributed by atoms with Gasteiger partial charge in [-0.05, 0) is 79.5 Å². The minimum atomic E-state index is -3.90. The predicted molar refractivity (Wildman–Crippen MR) is 206 cm³/mol. The number of hydrogen-bond donors (Lipinski definition) is 3. The van der Waals surface area contributed by atoms with Gasteiger partial charge in [-0.3, -0.25) is 19.1 Å². The van der Waals surface area contributed by atoms with Crippen molar-refractivity contribution in [3.63, 3.8) is 0 Å². The number of fused-ring (bicyclic) bond motifs is 6. The van der Waals surface area contributed by atoms with E-state index in [0.717, 1.165) is 34.7 Å². The SMILES string of the molecule is COc1cc2ccc3cc2cc1C=CCC(C)(C)COC(=O)N[C@H]1CCCCC/C=C\[C@@H]2C[C@@]2(C(=O)NS(=O)(=O)C2CC2)NC(=O)[C@@H]2C[C@]3(OC)CN2C1=O. The fraction of sp³-hybridized carbons (Fsp3) is 0.561. The Morgan fingerprint density at radius 2 is 1.78 bits per heavy atom. The van der Waals surface area contributed by atoms with Crippen LogP contribution in [-0.2, 0) is 39.5 Å². The average Bonchev–Trinajstić information content (AvgIpc) is 4.08. The van der Waals surface area contributed by atoms with Crippen LogP contribution in [0.2, 0.25) is 0 Å². The lowest BCUT2D eigenvalue weighted by Gasteiger charge is -2.31. The Labute approximate surface area is 322 Å². The molecule has 5 aliphatic rings. The number of cyclic esters (lactones) is 1. The molecule has 1 saturated heterocycles. The Hall–Kier alpha value is -4.43. The van der Waals surface area contributed by atoms with Crippen LogP contribution in [0.15, 0.2) is 48.6 Å². The van der Waals surface area contributed by atoms with Gasteiger partial charge < -0.3 is 29.7 Å². The first kappa shape index (κ1) is 38.8. The zero-order chi connectivity index (χ0) is 39.2. The summed E-state index contributed by atoms with van der Waals surface area (Å²) in [6.45, 7) is 4.06. The molecule has 3 N–H and O–H groups in total. The highest BCUT2D eigenvalue weighted by Gasteiger charge is 2.63. The second-order valence-electron chi connectivity index (χ2n) is 16.6. The lowest BCUT2D eigenvalue weighted by molar-refractivity contribution is -0.141. The van der Waals surface area contributed by atoms with E-state index in [4.69, 9.17) is 14.2 Å². The Kier molecular flexibility index (Phi) is 10.5. The van der Waals surface area contributed by atoms with E-state index in [1.165, 1.54) is 4.90 Å². The molecular formula is C41H52N4O9S. The molecule has 3 heterocycles. The number of carbonyl (C=O) groups is 4. The maximum absolute atomic E-state index is 14.8. The second kappa shape index (κ2) is 14.9. The summed E-state index contributed by atoms with van der Waals surface area (Å²) >= 11 is 0. The zero-order valence-corrected chi connectivity index (χ0v) is 32.8. The number of allylic oxidation sites excluding steroid dienone is 2. The number of rotatable bonds is 5. The fourth-order valence-electron chi connectivity index (χ4n) is 8.18. The summed E-state index contributed by atoms with van der Waals surface area (Å²) < 4.78 is 45.8. The summed E-state index contributed by atoms with van der Waals surface area (Å²) in [6, 6.07) is 7.75. The third kappa shape index (κ3) is 7.98. The summed E-state index contributed by atoms with van der Waals surface area (Å²) in [6.07, 6.45) is 12.2. The van der Waals surface area contributed by atoms with Crippen LogP contribution in [0.3, 0.4) is 0 Å². The summed E-state index contributed by atoms with van der Waals surface area (Å²) in [5.74, 6) is -1.59. The van der Waals surface area contributed by atoms with Crippen LogP contribution in [0, 0.1) is 11.3 Å². The highest BCUT2D eigenvalue weighted by Crippen LogP contribution is 2.47. The van der Waals surface area contributed by atoms with E-state index in [1.807, 2.05) is 68.5 Å². The maximum atomic E-state index is 14.8. The van der Waals surface area contributed by atoms with Crippen LogP contribution in [0.4, 0.5) is 4.79 Å².